The van der Waals surface area contributed by atoms with Gasteiger partial charge in [-0.15, -0.1) is 0 Å². The fraction of sp³-hybridized carbons (Fsp3) is 0.0417. The van der Waals surface area contributed by atoms with Crippen molar-refractivity contribution in [2.45, 2.75) is 11.1 Å². The number of halogens is 3. The zero-order chi connectivity index (χ0) is 25.9. The molecular weight excluding hydrogens is 510 g/mol. The van der Waals surface area contributed by atoms with E-state index in [9.17, 15) is 26.4 Å². The summed E-state index contributed by atoms with van der Waals surface area (Å²) in [7, 11) is -4.31. The van der Waals surface area contributed by atoms with Crippen LogP contribution in [0.1, 0.15) is 15.9 Å². The first kappa shape index (κ1) is 25.3. The van der Waals surface area contributed by atoms with E-state index in [0.717, 1.165) is 23.0 Å². The van der Waals surface area contributed by atoms with Gasteiger partial charge in [0.2, 0.25) is 0 Å². The molecule has 182 valence electrons. The molecule has 0 bridgehead atoms. The van der Waals surface area contributed by atoms with Crippen molar-refractivity contribution < 1.29 is 26.4 Å². The molecule has 0 saturated carbocycles. The fourth-order valence-corrected chi connectivity index (χ4v) is 5.01. The van der Waals surface area contributed by atoms with Gasteiger partial charge in [-0.3, -0.25) is 0 Å². The van der Waals surface area contributed by atoms with Crippen molar-refractivity contribution in [1.82, 2.24) is 4.98 Å². The van der Waals surface area contributed by atoms with Gasteiger partial charge in [-0.25, -0.2) is 0 Å². The van der Waals surface area contributed by atoms with E-state index in [1.807, 2.05) is 30.3 Å². The number of hydrogen-bond donors (Lipinski definition) is 2. The summed E-state index contributed by atoms with van der Waals surface area (Å²) in [6.07, 6.45) is -4.75. The maximum absolute atomic E-state index is 13.4. The number of sulfonamides is 1. The summed E-state index contributed by atoms with van der Waals surface area (Å²) in [4.78, 5) is 17.1. The van der Waals surface area contributed by atoms with Crippen LogP contribution in [0.15, 0.2) is 83.1 Å². The van der Waals surface area contributed by atoms with Crippen molar-refractivity contribution >= 4 is 56.9 Å². The molecule has 0 unspecified atom stereocenters. The van der Waals surface area contributed by atoms with Gasteiger partial charge in [0.15, 0.2) is 0 Å². The van der Waals surface area contributed by atoms with Crippen LogP contribution in [0.2, 0.25) is 0 Å². The van der Waals surface area contributed by atoms with Crippen molar-refractivity contribution in [3.05, 3.63) is 89.3 Å². The quantitative estimate of drug-likeness (QED) is 0.343. The molecule has 0 saturated heterocycles. The van der Waals surface area contributed by atoms with Crippen molar-refractivity contribution in [2.75, 3.05) is 10.0 Å². The molecule has 0 atom stereocenters. The summed E-state index contributed by atoms with van der Waals surface area (Å²) in [6.45, 7) is 5.10. The van der Waals surface area contributed by atoms with Crippen LogP contribution >= 0.6 is 11.3 Å². The van der Waals surface area contributed by atoms with Crippen LogP contribution in [0.25, 0.3) is 11.3 Å². The first-order valence-electron chi connectivity index (χ1n) is 10.4. The molecule has 1 heterocycles. The van der Waals surface area contributed by atoms with Gasteiger partial charge in [0, 0.05) is 10.9 Å². The van der Waals surface area contributed by atoms with Crippen LogP contribution in [-0.2, 0) is 16.2 Å². The molecule has 6 nitrogen and oxygen atoms in total. The van der Waals surface area contributed by atoms with Gasteiger partial charge in [-0.1, -0.05) is 30.3 Å². The summed E-state index contributed by atoms with van der Waals surface area (Å²) in [5, 5.41) is 4.45. The number of rotatable bonds is 7. The van der Waals surface area contributed by atoms with E-state index < -0.39 is 33.4 Å². The van der Waals surface area contributed by atoms with Crippen LogP contribution in [-0.4, -0.2) is 32.7 Å². The molecule has 0 aliphatic carbocycles. The van der Waals surface area contributed by atoms with Crippen LogP contribution in [0.4, 0.5) is 24.0 Å². The molecule has 0 fully saturated rings. The molecule has 0 aliphatic heterocycles. The van der Waals surface area contributed by atoms with Crippen molar-refractivity contribution in [2.24, 2.45) is 0 Å². The summed E-state index contributed by atoms with van der Waals surface area (Å²) in [5.74, 6) is -0.822. The van der Waals surface area contributed by atoms with Crippen molar-refractivity contribution in [1.29, 1.82) is 0 Å². The number of carbonyl (C=O) groups is 1. The number of benzene rings is 3. The third-order valence-corrected chi connectivity index (χ3v) is 7.20. The molecule has 0 spiro atoms. The second-order valence-corrected chi connectivity index (χ2v) is 10.0. The van der Waals surface area contributed by atoms with Gasteiger partial charge in [-0.05, 0) is 0 Å². The average Bonchev–Trinajstić information content (AvgIpc) is 3.32. The van der Waals surface area contributed by atoms with E-state index in [-0.39, 0.29) is 15.6 Å². The molecule has 4 rings (SSSR count). The Morgan fingerprint density at radius 3 is 2.33 bits per heavy atom. The number of alkyl halides is 3. The van der Waals surface area contributed by atoms with Gasteiger partial charge in [0.25, 0.3) is 0 Å². The summed E-state index contributed by atoms with van der Waals surface area (Å²) >= 11 is 1.12. The standard InChI is InChI=1S/C24H17BF3N3O3S2/c1-25-17-8-10-18(11-9-17)36(33,34)31-20-13-16(24(26,27)28)7-12-19(20)22(32)30-23-29-21(14-35-23)15-5-3-2-4-6-15/h2-14,31H,1H2,(H,29,30,32). The van der Waals surface area contributed by atoms with Crippen molar-refractivity contribution in [3.63, 3.8) is 0 Å². The average molecular weight is 527 g/mol. The van der Waals surface area contributed by atoms with Gasteiger partial charge in [0.05, 0.1) is 5.69 Å². The SMILES string of the molecule is C=Bc1ccc(S(=O)(=O)Nc2cc(C(F)(F)F)ccc2C(=O)Nc2nc(-c3ccccc3)cs2)cc1. The number of hydrogen-bond acceptors (Lipinski definition) is 5. The number of carbonyl (C=O) groups excluding carboxylic acids is 1. The first-order valence-corrected chi connectivity index (χ1v) is 12.7. The van der Waals surface area contributed by atoms with Crippen LogP contribution < -0.4 is 15.5 Å². The molecule has 12 heteroatoms. The van der Waals surface area contributed by atoms with Gasteiger partial charge >= 0.3 is 163 Å². The van der Waals surface area contributed by atoms with Gasteiger partial charge in [-0.2, -0.15) is 0 Å². The number of nitrogens with one attached hydrogen (secondary N) is 2. The van der Waals surface area contributed by atoms with E-state index in [4.69, 9.17) is 0 Å². The molecule has 0 aliphatic rings. The predicted octanol–water partition coefficient (Wildman–Crippen LogP) is 4.64. The Morgan fingerprint density at radius 2 is 1.69 bits per heavy atom. The van der Waals surface area contributed by atoms with E-state index in [1.54, 1.807) is 5.38 Å². The zero-order valence-corrected chi connectivity index (χ0v) is 20.0. The summed E-state index contributed by atoms with van der Waals surface area (Å²) < 4.78 is 68.0. The van der Waals surface area contributed by atoms with Crippen LogP contribution in [0, 0.1) is 0 Å². The van der Waals surface area contributed by atoms with E-state index in [0.29, 0.717) is 23.3 Å². The Morgan fingerprint density at radius 1 is 1.00 bits per heavy atom. The Hall–Kier alpha value is -3.77. The second kappa shape index (κ2) is 10.1. The zero-order valence-electron chi connectivity index (χ0n) is 18.4. The Kier molecular flexibility index (Phi) is 7.09. The van der Waals surface area contributed by atoms with E-state index >= 15 is 0 Å². The number of aromatic nitrogens is 1. The Balaban J connectivity index is 1.65. The van der Waals surface area contributed by atoms with Crippen LogP contribution in [0.5, 0.6) is 0 Å². The monoisotopic (exact) mass is 527 g/mol. The summed E-state index contributed by atoms with van der Waals surface area (Å²) in [5.41, 5.74) is 0.151. The number of amides is 1. The van der Waals surface area contributed by atoms with E-state index in [2.05, 4.69) is 21.5 Å². The summed E-state index contributed by atoms with van der Waals surface area (Å²) in [6, 6.07) is 17.0. The Labute approximate surface area is 209 Å². The van der Waals surface area contributed by atoms with Crippen molar-refractivity contribution in [3.8, 4) is 11.3 Å². The van der Waals surface area contributed by atoms with Gasteiger partial charge < -0.3 is 0 Å². The molecule has 36 heavy (non-hydrogen) atoms. The maximum atomic E-state index is 13.4. The molecule has 1 amide bonds. The molecular formula is C24H17BF3N3O3S2. The number of anilines is 2. The second-order valence-electron chi connectivity index (χ2n) is 7.49. The topological polar surface area (TPSA) is 88.2 Å². The minimum absolute atomic E-state index is 0.190. The Bertz CT molecular complexity index is 1520. The third-order valence-electron chi connectivity index (χ3n) is 5.06. The molecule has 3 aromatic carbocycles. The third kappa shape index (κ3) is 5.72. The molecule has 4 aromatic rings. The minimum atomic E-state index is -4.75. The molecule has 1 aromatic heterocycles. The molecule has 0 radical (unpaired) electrons. The number of nitrogens with zero attached hydrogens (tertiary/aromatic N) is 1. The predicted molar refractivity (Wildman–Crippen MR) is 137 cm³/mol. The van der Waals surface area contributed by atoms with E-state index in [1.165, 1.54) is 31.2 Å². The normalized spacial score (nSPS) is 11.5. The first-order chi connectivity index (χ1) is 17.1. The van der Waals surface area contributed by atoms with Gasteiger partial charge in [0.1, 0.15) is 0 Å². The fourth-order valence-electron chi connectivity index (χ4n) is 3.23. The molecule has 2 N–H and O–H groups in total. The van der Waals surface area contributed by atoms with Crippen LogP contribution in [0.3, 0.4) is 0 Å². The number of thiazole rings is 1.